The summed E-state index contributed by atoms with van der Waals surface area (Å²) in [6, 6.07) is 7.52. The van der Waals surface area contributed by atoms with Gasteiger partial charge in [-0.2, -0.15) is 0 Å². The van der Waals surface area contributed by atoms with E-state index in [9.17, 15) is 19.2 Å². The van der Waals surface area contributed by atoms with Crippen molar-refractivity contribution in [1.29, 1.82) is 0 Å². The molecule has 1 aromatic carbocycles. The van der Waals surface area contributed by atoms with Gasteiger partial charge in [0.15, 0.2) is 5.37 Å². The maximum absolute atomic E-state index is 12.4. The predicted molar refractivity (Wildman–Crippen MR) is 89.2 cm³/mol. The SMILES string of the molecule is Cc1ccc(N[C@@H]2SC(=O)N(CCN3C(=O)CCC3=O)C2=O)cc1. The third kappa shape index (κ3) is 3.28. The lowest BCUT2D eigenvalue weighted by molar-refractivity contribution is -0.139. The van der Waals surface area contributed by atoms with Gasteiger partial charge in [0.2, 0.25) is 11.8 Å². The molecule has 1 aromatic rings. The van der Waals surface area contributed by atoms with E-state index in [1.807, 2.05) is 31.2 Å². The molecule has 2 saturated heterocycles. The number of hydrogen-bond acceptors (Lipinski definition) is 6. The first-order chi connectivity index (χ1) is 11.5. The number of nitrogens with zero attached hydrogens (tertiary/aromatic N) is 2. The van der Waals surface area contributed by atoms with Crippen LogP contribution in [-0.4, -0.2) is 51.2 Å². The number of likely N-dealkylation sites (tertiary alicyclic amines) is 1. The molecule has 8 heteroatoms. The molecule has 126 valence electrons. The van der Waals surface area contributed by atoms with Crippen molar-refractivity contribution in [3.63, 3.8) is 0 Å². The Morgan fingerprint density at radius 3 is 2.21 bits per heavy atom. The number of benzene rings is 1. The number of amides is 4. The van der Waals surface area contributed by atoms with E-state index in [1.54, 1.807) is 0 Å². The van der Waals surface area contributed by atoms with Crippen molar-refractivity contribution in [3.05, 3.63) is 29.8 Å². The summed E-state index contributed by atoms with van der Waals surface area (Å²) in [7, 11) is 0. The zero-order chi connectivity index (χ0) is 17.3. The molecule has 0 unspecified atom stereocenters. The first kappa shape index (κ1) is 16.5. The minimum absolute atomic E-state index is 0.0359. The fourth-order valence-corrected chi connectivity index (χ4v) is 3.55. The number of anilines is 1. The summed E-state index contributed by atoms with van der Waals surface area (Å²) in [5.74, 6) is -0.855. The van der Waals surface area contributed by atoms with Gasteiger partial charge in [0.1, 0.15) is 0 Å². The van der Waals surface area contributed by atoms with E-state index in [4.69, 9.17) is 0 Å². The van der Waals surface area contributed by atoms with E-state index in [2.05, 4.69) is 5.32 Å². The van der Waals surface area contributed by atoms with E-state index < -0.39 is 5.37 Å². The molecule has 3 rings (SSSR count). The Hall–Kier alpha value is -2.35. The van der Waals surface area contributed by atoms with E-state index in [-0.39, 0.29) is 48.9 Å². The van der Waals surface area contributed by atoms with E-state index in [0.717, 1.165) is 32.8 Å². The average Bonchev–Trinajstić information content (AvgIpc) is 3.00. The Balaban J connectivity index is 1.60. The van der Waals surface area contributed by atoms with Crippen LogP contribution in [0.2, 0.25) is 0 Å². The topological polar surface area (TPSA) is 86.8 Å². The van der Waals surface area contributed by atoms with Crippen LogP contribution in [0.1, 0.15) is 18.4 Å². The quantitative estimate of drug-likeness (QED) is 0.814. The maximum Gasteiger partial charge on any atom is 0.290 e. The summed E-state index contributed by atoms with van der Waals surface area (Å²) in [6.45, 7) is 2.06. The van der Waals surface area contributed by atoms with Gasteiger partial charge in [0, 0.05) is 31.6 Å². The molecule has 1 N–H and O–H groups in total. The van der Waals surface area contributed by atoms with Crippen LogP contribution in [-0.2, 0) is 14.4 Å². The summed E-state index contributed by atoms with van der Waals surface area (Å²) in [5, 5.41) is 1.97. The number of imide groups is 2. The van der Waals surface area contributed by atoms with E-state index in [1.165, 1.54) is 0 Å². The number of hydrogen-bond donors (Lipinski definition) is 1. The molecule has 2 fully saturated rings. The molecular weight excluding hydrogens is 330 g/mol. The third-order valence-electron chi connectivity index (χ3n) is 3.98. The van der Waals surface area contributed by atoms with Crippen LogP contribution in [0.15, 0.2) is 24.3 Å². The second kappa shape index (κ2) is 6.64. The molecule has 0 radical (unpaired) electrons. The average molecular weight is 347 g/mol. The molecule has 4 amide bonds. The second-order valence-electron chi connectivity index (χ2n) is 5.70. The van der Waals surface area contributed by atoms with Crippen molar-refractivity contribution in [2.24, 2.45) is 0 Å². The first-order valence-corrected chi connectivity index (χ1v) is 8.52. The minimum Gasteiger partial charge on any atom is -0.365 e. The van der Waals surface area contributed by atoms with Crippen molar-refractivity contribution < 1.29 is 19.2 Å². The van der Waals surface area contributed by atoms with Crippen LogP contribution in [0.3, 0.4) is 0 Å². The highest BCUT2D eigenvalue weighted by Gasteiger charge is 2.40. The molecular formula is C16H17N3O4S. The monoisotopic (exact) mass is 347 g/mol. The van der Waals surface area contributed by atoms with Gasteiger partial charge in [0.25, 0.3) is 11.1 Å². The predicted octanol–water partition coefficient (Wildman–Crippen LogP) is 1.58. The summed E-state index contributed by atoms with van der Waals surface area (Å²) in [4.78, 5) is 49.8. The molecule has 0 spiro atoms. The largest absolute Gasteiger partial charge is 0.365 e. The van der Waals surface area contributed by atoms with E-state index in [0.29, 0.717) is 0 Å². The number of carbonyl (C=O) groups is 4. The lowest BCUT2D eigenvalue weighted by Gasteiger charge is -2.19. The van der Waals surface area contributed by atoms with Crippen LogP contribution < -0.4 is 5.32 Å². The number of carbonyl (C=O) groups excluding carboxylic acids is 4. The number of aryl methyl sites for hydroxylation is 1. The third-order valence-corrected chi connectivity index (χ3v) is 4.96. The zero-order valence-corrected chi connectivity index (χ0v) is 14.0. The number of nitrogens with one attached hydrogen (secondary N) is 1. The maximum atomic E-state index is 12.4. The molecule has 2 heterocycles. The molecule has 0 bridgehead atoms. The molecule has 2 aliphatic heterocycles. The molecule has 0 aromatic heterocycles. The fourth-order valence-electron chi connectivity index (χ4n) is 2.61. The molecule has 2 aliphatic rings. The van der Waals surface area contributed by atoms with Gasteiger partial charge in [0.05, 0.1) is 0 Å². The van der Waals surface area contributed by atoms with Gasteiger partial charge in [-0.1, -0.05) is 17.7 Å². The Kier molecular flexibility index (Phi) is 4.57. The van der Waals surface area contributed by atoms with E-state index >= 15 is 0 Å². The Morgan fingerprint density at radius 2 is 1.58 bits per heavy atom. The summed E-state index contributed by atoms with van der Waals surface area (Å²) in [6.07, 6.45) is 0.403. The van der Waals surface area contributed by atoms with Crippen LogP contribution >= 0.6 is 11.8 Å². The van der Waals surface area contributed by atoms with Crippen LogP contribution in [0, 0.1) is 6.92 Å². The van der Waals surface area contributed by atoms with Crippen molar-refractivity contribution in [3.8, 4) is 0 Å². The number of thioether (sulfide) groups is 1. The lowest BCUT2D eigenvalue weighted by Crippen LogP contribution is -2.41. The van der Waals surface area contributed by atoms with Crippen molar-refractivity contribution in [2.45, 2.75) is 25.1 Å². The Labute approximate surface area is 143 Å². The first-order valence-electron chi connectivity index (χ1n) is 7.64. The standard InChI is InChI=1S/C16H17N3O4S/c1-10-2-4-11(5-3-10)17-14-15(22)19(16(23)24-14)9-8-18-12(20)6-7-13(18)21/h2-5,14,17H,6-9H2,1H3/t14-/m1/s1. The lowest BCUT2D eigenvalue weighted by atomic mass is 10.2. The smallest absolute Gasteiger partial charge is 0.290 e. The zero-order valence-electron chi connectivity index (χ0n) is 13.2. The van der Waals surface area contributed by atoms with Gasteiger partial charge in [-0.3, -0.25) is 29.0 Å². The van der Waals surface area contributed by atoms with Gasteiger partial charge in [-0.25, -0.2) is 0 Å². The van der Waals surface area contributed by atoms with Crippen molar-refractivity contribution in [1.82, 2.24) is 9.80 Å². The normalized spacial score (nSPS) is 21.1. The van der Waals surface area contributed by atoms with Gasteiger partial charge < -0.3 is 5.32 Å². The van der Waals surface area contributed by atoms with Crippen LogP contribution in [0.25, 0.3) is 0 Å². The second-order valence-corrected chi connectivity index (χ2v) is 6.76. The summed E-state index contributed by atoms with van der Waals surface area (Å²) < 4.78 is 0. The summed E-state index contributed by atoms with van der Waals surface area (Å²) in [5.41, 5.74) is 1.86. The molecule has 0 aliphatic carbocycles. The van der Waals surface area contributed by atoms with Crippen LogP contribution in [0.4, 0.5) is 10.5 Å². The number of rotatable bonds is 5. The Bertz CT molecular complexity index is 688. The minimum atomic E-state index is -0.690. The van der Waals surface area contributed by atoms with Gasteiger partial charge in [-0.05, 0) is 30.8 Å². The fraction of sp³-hybridized carbons (Fsp3) is 0.375. The van der Waals surface area contributed by atoms with Gasteiger partial charge in [-0.15, -0.1) is 0 Å². The molecule has 7 nitrogen and oxygen atoms in total. The van der Waals surface area contributed by atoms with Crippen LogP contribution in [0.5, 0.6) is 0 Å². The highest BCUT2D eigenvalue weighted by atomic mass is 32.2. The highest BCUT2D eigenvalue weighted by Crippen LogP contribution is 2.28. The Morgan fingerprint density at radius 1 is 1.00 bits per heavy atom. The molecule has 24 heavy (non-hydrogen) atoms. The highest BCUT2D eigenvalue weighted by molar-refractivity contribution is 8.15. The molecule has 1 atom stereocenters. The van der Waals surface area contributed by atoms with Gasteiger partial charge >= 0.3 is 0 Å². The molecule has 0 saturated carbocycles. The summed E-state index contributed by atoms with van der Waals surface area (Å²) >= 11 is 0.903. The van der Waals surface area contributed by atoms with Crippen molar-refractivity contribution >= 4 is 40.4 Å². The van der Waals surface area contributed by atoms with Crippen molar-refractivity contribution in [2.75, 3.05) is 18.4 Å².